The second-order valence-electron chi connectivity index (χ2n) is 7.70. The molecule has 0 N–H and O–H groups in total. The van der Waals surface area contributed by atoms with Crippen LogP contribution in [0.3, 0.4) is 0 Å². The smallest absolute Gasteiger partial charge is 0.272 e. The number of thioether (sulfide) groups is 1. The lowest BCUT2D eigenvalue weighted by Gasteiger charge is -2.15. The molecule has 0 aliphatic rings. The van der Waals surface area contributed by atoms with Gasteiger partial charge in [-0.3, -0.25) is 13.8 Å². The zero-order valence-corrected chi connectivity index (χ0v) is 19.0. The van der Waals surface area contributed by atoms with E-state index in [1.807, 2.05) is 34.0 Å². The van der Waals surface area contributed by atoms with Gasteiger partial charge in [0.15, 0.2) is 5.16 Å². The Balaban J connectivity index is 1.57. The van der Waals surface area contributed by atoms with Crippen LogP contribution in [-0.4, -0.2) is 19.2 Å². The van der Waals surface area contributed by atoms with Crippen LogP contribution in [0.1, 0.15) is 29.5 Å². The lowest BCUT2D eigenvalue weighted by molar-refractivity contribution is 0.588. The minimum atomic E-state index is 0.00290. The highest BCUT2D eigenvalue weighted by Gasteiger charge is 2.19. The zero-order valence-electron chi connectivity index (χ0n) is 17.4. The van der Waals surface area contributed by atoms with Crippen LogP contribution in [0.2, 0.25) is 0 Å². The fourth-order valence-electron chi connectivity index (χ4n) is 3.83. The van der Waals surface area contributed by atoms with Gasteiger partial charge in [0.1, 0.15) is 4.70 Å². The predicted molar refractivity (Wildman–Crippen MR) is 128 cm³/mol. The first-order valence-corrected chi connectivity index (χ1v) is 12.1. The minimum absolute atomic E-state index is 0.00290. The predicted octanol–water partition coefficient (Wildman–Crippen LogP) is 5.51. The van der Waals surface area contributed by atoms with Crippen LogP contribution in [0.4, 0.5) is 0 Å². The van der Waals surface area contributed by atoms with Crippen molar-refractivity contribution < 1.29 is 0 Å². The van der Waals surface area contributed by atoms with E-state index in [9.17, 15) is 4.79 Å². The molecule has 1 unspecified atom stereocenters. The lowest BCUT2D eigenvalue weighted by Crippen LogP contribution is -2.24. The highest BCUT2D eigenvalue weighted by molar-refractivity contribution is 7.98. The summed E-state index contributed by atoms with van der Waals surface area (Å²) in [6.45, 7) is 4.82. The van der Waals surface area contributed by atoms with Crippen molar-refractivity contribution in [3.05, 3.63) is 93.1 Å². The number of rotatable bonds is 6. The second-order valence-corrected chi connectivity index (χ2v) is 9.55. The molecular weight excluding hydrogens is 424 g/mol. The summed E-state index contributed by atoms with van der Waals surface area (Å²) in [4.78, 5) is 13.3. The van der Waals surface area contributed by atoms with Crippen LogP contribution in [0, 0.1) is 6.92 Å². The fraction of sp³-hybridized carbons (Fsp3) is 0.208. The molecular formula is C24H22N4OS2. The van der Waals surface area contributed by atoms with Gasteiger partial charge in [-0.1, -0.05) is 73.3 Å². The summed E-state index contributed by atoms with van der Waals surface area (Å²) in [6, 6.07) is 20.6. The Morgan fingerprint density at radius 2 is 1.81 bits per heavy atom. The molecule has 0 aliphatic carbocycles. The molecule has 5 rings (SSSR count). The van der Waals surface area contributed by atoms with Gasteiger partial charge >= 0.3 is 0 Å². The van der Waals surface area contributed by atoms with Gasteiger partial charge in [-0.05, 0) is 41.0 Å². The zero-order chi connectivity index (χ0) is 21.4. The van der Waals surface area contributed by atoms with Crippen molar-refractivity contribution in [3.63, 3.8) is 0 Å². The monoisotopic (exact) mass is 446 g/mol. The quantitative estimate of drug-likeness (QED) is 0.323. The maximum Gasteiger partial charge on any atom is 0.272 e. The fourth-order valence-corrected chi connectivity index (χ4v) is 5.67. The van der Waals surface area contributed by atoms with Gasteiger partial charge in [-0.15, -0.1) is 21.5 Å². The third-order valence-electron chi connectivity index (χ3n) is 5.63. The molecule has 5 nitrogen and oxygen atoms in total. The number of hydrogen-bond acceptors (Lipinski definition) is 5. The van der Waals surface area contributed by atoms with Crippen molar-refractivity contribution in [1.29, 1.82) is 0 Å². The largest absolute Gasteiger partial charge is 0.275 e. The minimum Gasteiger partial charge on any atom is -0.275 e. The highest BCUT2D eigenvalue weighted by atomic mass is 32.2. The average Bonchev–Trinajstić information content (AvgIpc) is 3.44. The molecule has 0 aliphatic heterocycles. The molecule has 0 saturated heterocycles. The Morgan fingerprint density at radius 3 is 2.61 bits per heavy atom. The van der Waals surface area contributed by atoms with Crippen molar-refractivity contribution >= 4 is 39.1 Å². The molecule has 0 fully saturated rings. The SMILES string of the molecule is Cc1ccccc1CSc1nnc2n(CC(C)c3ccccc3)c(=O)c3sccc3n12. The van der Waals surface area contributed by atoms with E-state index in [2.05, 4.69) is 60.4 Å². The van der Waals surface area contributed by atoms with E-state index < -0.39 is 0 Å². The summed E-state index contributed by atoms with van der Waals surface area (Å²) < 4.78 is 4.56. The number of benzene rings is 2. The molecule has 0 spiro atoms. The molecule has 1 atom stereocenters. The van der Waals surface area contributed by atoms with E-state index in [1.165, 1.54) is 28.0 Å². The van der Waals surface area contributed by atoms with Gasteiger partial charge in [0, 0.05) is 12.3 Å². The average molecular weight is 447 g/mol. The Kier molecular flexibility index (Phi) is 5.38. The Hall–Kier alpha value is -2.90. The molecule has 3 heterocycles. The van der Waals surface area contributed by atoms with Gasteiger partial charge in [-0.2, -0.15) is 0 Å². The van der Waals surface area contributed by atoms with Gasteiger partial charge in [0.2, 0.25) is 5.78 Å². The number of nitrogens with zero attached hydrogens (tertiary/aromatic N) is 4. The molecule has 7 heteroatoms. The molecule has 5 aromatic rings. The maximum absolute atomic E-state index is 13.3. The normalized spacial score (nSPS) is 12.6. The molecule has 3 aromatic heterocycles. The number of fused-ring (bicyclic) bond motifs is 3. The number of hydrogen-bond donors (Lipinski definition) is 0. The molecule has 2 aromatic carbocycles. The van der Waals surface area contributed by atoms with Gasteiger partial charge in [0.05, 0.1) is 5.52 Å². The van der Waals surface area contributed by atoms with Crippen LogP contribution < -0.4 is 5.56 Å². The van der Waals surface area contributed by atoms with Gasteiger partial charge < -0.3 is 0 Å². The van der Waals surface area contributed by atoms with Crippen molar-refractivity contribution in [3.8, 4) is 0 Å². The summed E-state index contributed by atoms with van der Waals surface area (Å²) in [6.07, 6.45) is 0. The number of aryl methyl sites for hydroxylation is 1. The maximum atomic E-state index is 13.3. The molecule has 0 amide bonds. The van der Waals surface area contributed by atoms with Crippen molar-refractivity contribution in [2.24, 2.45) is 0 Å². The number of thiophene rings is 1. The van der Waals surface area contributed by atoms with Crippen LogP contribution in [0.25, 0.3) is 16.0 Å². The van der Waals surface area contributed by atoms with Crippen LogP contribution >= 0.6 is 23.1 Å². The second kappa shape index (κ2) is 8.32. The highest BCUT2D eigenvalue weighted by Crippen LogP contribution is 2.28. The summed E-state index contributed by atoms with van der Waals surface area (Å²) in [5, 5.41) is 11.7. The van der Waals surface area contributed by atoms with E-state index in [0.29, 0.717) is 12.3 Å². The Labute approximate surface area is 188 Å². The third kappa shape index (κ3) is 3.68. The standard InChI is InChI=1S/C24H22N4OS2/c1-16-8-6-7-11-19(16)15-31-24-26-25-23-27(14-17(2)18-9-4-3-5-10-18)22(29)21-20(28(23)24)12-13-30-21/h3-13,17H,14-15H2,1-2H3. The summed E-state index contributed by atoms with van der Waals surface area (Å²) in [5.41, 5.74) is 4.62. The van der Waals surface area contributed by atoms with E-state index in [0.717, 1.165) is 21.1 Å². The van der Waals surface area contributed by atoms with E-state index in [1.54, 1.807) is 16.3 Å². The Bertz CT molecular complexity index is 1420. The third-order valence-corrected chi connectivity index (χ3v) is 7.49. The summed E-state index contributed by atoms with van der Waals surface area (Å²) in [7, 11) is 0. The first kappa shape index (κ1) is 20.0. The molecule has 0 saturated carbocycles. The molecule has 156 valence electrons. The van der Waals surface area contributed by atoms with Crippen LogP contribution in [-0.2, 0) is 12.3 Å². The van der Waals surface area contributed by atoms with Crippen molar-refractivity contribution in [1.82, 2.24) is 19.2 Å². The van der Waals surface area contributed by atoms with E-state index in [-0.39, 0.29) is 11.5 Å². The van der Waals surface area contributed by atoms with Crippen LogP contribution in [0.15, 0.2) is 76.0 Å². The van der Waals surface area contributed by atoms with E-state index >= 15 is 0 Å². The first-order valence-electron chi connectivity index (χ1n) is 10.2. The van der Waals surface area contributed by atoms with Crippen molar-refractivity contribution in [2.75, 3.05) is 0 Å². The van der Waals surface area contributed by atoms with Crippen molar-refractivity contribution in [2.45, 2.75) is 37.2 Å². The van der Waals surface area contributed by atoms with Crippen LogP contribution in [0.5, 0.6) is 0 Å². The topological polar surface area (TPSA) is 52.2 Å². The Morgan fingerprint density at radius 1 is 1.03 bits per heavy atom. The van der Waals surface area contributed by atoms with Gasteiger partial charge in [-0.25, -0.2) is 0 Å². The first-order chi connectivity index (χ1) is 15.1. The lowest BCUT2D eigenvalue weighted by atomic mass is 10.0. The number of aromatic nitrogens is 4. The summed E-state index contributed by atoms with van der Waals surface area (Å²) in [5.74, 6) is 1.59. The van der Waals surface area contributed by atoms with E-state index in [4.69, 9.17) is 0 Å². The molecule has 31 heavy (non-hydrogen) atoms. The molecule has 0 bridgehead atoms. The molecule has 0 radical (unpaired) electrons. The summed E-state index contributed by atoms with van der Waals surface area (Å²) >= 11 is 3.13. The van der Waals surface area contributed by atoms with Gasteiger partial charge in [0.25, 0.3) is 5.56 Å².